The van der Waals surface area contributed by atoms with Crippen molar-refractivity contribution < 1.29 is 27.5 Å². The van der Waals surface area contributed by atoms with Crippen LogP contribution in [-0.4, -0.2) is 55.2 Å². The van der Waals surface area contributed by atoms with Crippen molar-refractivity contribution in [3.8, 4) is 0 Å². The summed E-state index contributed by atoms with van der Waals surface area (Å²) in [5, 5.41) is 3.06. The van der Waals surface area contributed by atoms with Crippen molar-refractivity contribution >= 4 is 35.0 Å². The van der Waals surface area contributed by atoms with E-state index >= 15 is 0 Å². The number of likely N-dealkylation sites (tertiary alicyclic amines) is 1. The van der Waals surface area contributed by atoms with Gasteiger partial charge in [0.25, 0.3) is 5.91 Å². The Balaban J connectivity index is 1.91. The standard InChI is InChI=1S/C16H17Cl2F3N2O3/c17-10-3-4-12(18)11(8-10)15(25)23-6-1-2-13(23)14(24)22-5-7-26-9-16(19,20)21/h3-4,8,13H,1-2,5-7,9H2,(H,22,24). The van der Waals surface area contributed by atoms with Gasteiger partial charge in [0.1, 0.15) is 12.6 Å². The lowest BCUT2D eigenvalue weighted by atomic mass is 10.1. The summed E-state index contributed by atoms with van der Waals surface area (Å²) in [6, 6.07) is 3.78. The van der Waals surface area contributed by atoms with Crippen LogP contribution in [0.1, 0.15) is 23.2 Å². The summed E-state index contributed by atoms with van der Waals surface area (Å²) in [4.78, 5) is 26.3. The number of hydrogen-bond donors (Lipinski definition) is 1. The summed E-state index contributed by atoms with van der Waals surface area (Å²) in [6.07, 6.45) is -3.32. The van der Waals surface area contributed by atoms with E-state index in [4.69, 9.17) is 23.2 Å². The number of nitrogens with zero attached hydrogens (tertiary/aromatic N) is 1. The summed E-state index contributed by atoms with van der Waals surface area (Å²) in [5.41, 5.74) is 0.201. The molecule has 1 saturated heterocycles. The van der Waals surface area contributed by atoms with Crippen molar-refractivity contribution in [1.29, 1.82) is 0 Å². The third kappa shape index (κ3) is 5.75. The Morgan fingerprint density at radius 3 is 2.73 bits per heavy atom. The van der Waals surface area contributed by atoms with E-state index < -0.39 is 30.6 Å². The highest BCUT2D eigenvalue weighted by atomic mass is 35.5. The molecule has 0 spiro atoms. The van der Waals surface area contributed by atoms with Crippen LogP contribution in [0.3, 0.4) is 0 Å². The minimum absolute atomic E-state index is 0.0780. The molecule has 1 aliphatic heterocycles. The number of rotatable bonds is 6. The van der Waals surface area contributed by atoms with Gasteiger partial charge in [-0.05, 0) is 31.0 Å². The summed E-state index contributed by atoms with van der Waals surface area (Å²) >= 11 is 11.9. The van der Waals surface area contributed by atoms with E-state index in [1.165, 1.54) is 17.0 Å². The molecule has 5 nitrogen and oxygen atoms in total. The van der Waals surface area contributed by atoms with Crippen molar-refractivity contribution in [3.63, 3.8) is 0 Å². The molecule has 10 heteroatoms. The Kier molecular flexibility index (Phi) is 7.14. The highest BCUT2D eigenvalue weighted by Gasteiger charge is 2.35. The lowest BCUT2D eigenvalue weighted by Gasteiger charge is -2.24. The molecule has 1 aromatic rings. The van der Waals surface area contributed by atoms with E-state index in [-0.39, 0.29) is 23.7 Å². The predicted molar refractivity (Wildman–Crippen MR) is 90.4 cm³/mol. The molecule has 1 aromatic carbocycles. The molecule has 26 heavy (non-hydrogen) atoms. The molecule has 1 unspecified atom stereocenters. The number of carbonyl (C=O) groups excluding carboxylic acids is 2. The highest BCUT2D eigenvalue weighted by molar-refractivity contribution is 6.35. The fourth-order valence-corrected chi connectivity index (χ4v) is 3.02. The average molecular weight is 413 g/mol. The molecular formula is C16H17Cl2F3N2O3. The molecule has 1 fully saturated rings. The van der Waals surface area contributed by atoms with Crippen LogP contribution in [0, 0.1) is 0 Å². The smallest absolute Gasteiger partial charge is 0.370 e. The van der Waals surface area contributed by atoms with E-state index in [0.29, 0.717) is 24.4 Å². The van der Waals surface area contributed by atoms with E-state index in [1.54, 1.807) is 6.07 Å². The first kappa shape index (κ1) is 20.8. The number of amides is 2. The number of halogens is 5. The average Bonchev–Trinajstić information content (AvgIpc) is 3.04. The molecule has 1 atom stereocenters. The third-order valence-electron chi connectivity index (χ3n) is 3.79. The van der Waals surface area contributed by atoms with Gasteiger partial charge in [-0.25, -0.2) is 0 Å². The fourth-order valence-electron chi connectivity index (χ4n) is 2.65. The van der Waals surface area contributed by atoms with Crippen LogP contribution < -0.4 is 5.32 Å². The zero-order valence-corrected chi connectivity index (χ0v) is 15.1. The minimum atomic E-state index is -4.41. The minimum Gasteiger partial charge on any atom is -0.370 e. The zero-order valence-electron chi connectivity index (χ0n) is 13.6. The Morgan fingerprint density at radius 1 is 1.31 bits per heavy atom. The van der Waals surface area contributed by atoms with Crippen molar-refractivity contribution in [1.82, 2.24) is 10.2 Å². The Labute approximate surface area is 158 Å². The number of benzene rings is 1. The SMILES string of the molecule is O=C(NCCOCC(F)(F)F)C1CCCN1C(=O)c1cc(Cl)ccc1Cl. The third-order valence-corrected chi connectivity index (χ3v) is 4.35. The van der Waals surface area contributed by atoms with E-state index in [1.807, 2.05) is 0 Å². The van der Waals surface area contributed by atoms with Gasteiger partial charge in [-0.3, -0.25) is 9.59 Å². The van der Waals surface area contributed by atoms with E-state index in [2.05, 4.69) is 10.1 Å². The molecule has 0 bridgehead atoms. The van der Waals surface area contributed by atoms with Gasteiger partial charge in [0.15, 0.2) is 0 Å². The summed E-state index contributed by atoms with van der Waals surface area (Å²) in [7, 11) is 0. The van der Waals surface area contributed by atoms with Gasteiger partial charge in [0.05, 0.1) is 17.2 Å². The van der Waals surface area contributed by atoms with Crippen LogP contribution in [-0.2, 0) is 9.53 Å². The second kappa shape index (κ2) is 8.92. The lowest BCUT2D eigenvalue weighted by Crippen LogP contribution is -2.46. The monoisotopic (exact) mass is 412 g/mol. The molecule has 1 N–H and O–H groups in total. The second-order valence-corrected chi connectivity index (χ2v) is 6.58. The molecule has 0 aromatic heterocycles. The molecular weight excluding hydrogens is 396 g/mol. The molecule has 0 radical (unpaired) electrons. The second-order valence-electron chi connectivity index (χ2n) is 5.74. The van der Waals surface area contributed by atoms with Crippen molar-refractivity contribution in [2.24, 2.45) is 0 Å². The normalized spacial score (nSPS) is 17.4. The first-order valence-electron chi connectivity index (χ1n) is 7.87. The fraction of sp³-hybridized carbons (Fsp3) is 0.500. The molecule has 1 heterocycles. The maximum absolute atomic E-state index is 12.7. The highest BCUT2D eigenvalue weighted by Crippen LogP contribution is 2.26. The van der Waals surface area contributed by atoms with Crippen LogP contribution in [0.4, 0.5) is 13.2 Å². The van der Waals surface area contributed by atoms with Crippen LogP contribution in [0.15, 0.2) is 18.2 Å². The van der Waals surface area contributed by atoms with Gasteiger partial charge in [0.2, 0.25) is 5.91 Å². The van der Waals surface area contributed by atoms with E-state index in [0.717, 1.165) is 0 Å². The van der Waals surface area contributed by atoms with Gasteiger partial charge >= 0.3 is 6.18 Å². The van der Waals surface area contributed by atoms with Crippen LogP contribution >= 0.6 is 23.2 Å². The largest absolute Gasteiger partial charge is 0.411 e. The van der Waals surface area contributed by atoms with Gasteiger partial charge < -0.3 is 15.0 Å². The summed E-state index contributed by atoms with van der Waals surface area (Å²) < 4.78 is 40.3. The zero-order chi connectivity index (χ0) is 19.3. The Bertz CT molecular complexity index is 671. The maximum Gasteiger partial charge on any atom is 0.411 e. The van der Waals surface area contributed by atoms with Gasteiger partial charge in [-0.15, -0.1) is 0 Å². The quantitative estimate of drug-likeness (QED) is 0.729. The topological polar surface area (TPSA) is 58.6 Å². The predicted octanol–water partition coefficient (Wildman–Crippen LogP) is 3.29. The van der Waals surface area contributed by atoms with Crippen molar-refractivity contribution in [2.75, 3.05) is 26.3 Å². The van der Waals surface area contributed by atoms with Gasteiger partial charge in [-0.1, -0.05) is 23.2 Å². The first-order valence-corrected chi connectivity index (χ1v) is 8.63. The number of alkyl halides is 3. The van der Waals surface area contributed by atoms with Crippen LogP contribution in [0.5, 0.6) is 0 Å². The number of ether oxygens (including phenoxy) is 1. The maximum atomic E-state index is 12.7. The molecule has 144 valence electrons. The number of carbonyl (C=O) groups is 2. The van der Waals surface area contributed by atoms with Crippen molar-refractivity contribution in [2.45, 2.75) is 25.1 Å². The summed E-state index contributed by atoms with van der Waals surface area (Å²) in [5.74, 6) is -0.854. The first-order chi connectivity index (χ1) is 12.2. The van der Waals surface area contributed by atoms with Gasteiger partial charge in [0, 0.05) is 18.1 Å². The number of hydrogen-bond acceptors (Lipinski definition) is 3. The molecule has 2 amide bonds. The van der Waals surface area contributed by atoms with Crippen molar-refractivity contribution in [3.05, 3.63) is 33.8 Å². The Morgan fingerprint density at radius 2 is 2.04 bits per heavy atom. The molecule has 2 rings (SSSR count). The number of nitrogens with one attached hydrogen (secondary N) is 1. The van der Waals surface area contributed by atoms with Gasteiger partial charge in [-0.2, -0.15) is 13.2 Å². The molecule has 0 saturated carbocycles. The molecule has 1 aliphatic rings. The van der Waals surface area contributed by atoms with Crippen LogP contribution in [0.25, 0.3) is 0 Å². The van der Waals surface area contributed by atoms with Crippen LogP contribution in [0.2, 0.25) is 10.0 Å². The van der Waals surface area contributed by atoms with E-state index in [9.17, 15) is 22.8 Å². The summed E-state index contributed by atoms with van der Waals surface area (Å²) in [6.45, 7) is -1.34. The Hall–Kier alpha value is -1.51. The molecule has 0 aliphatic carbocycles. The lowest BCUT2D eigenvalue weighted by molar-refractivity contribution is -0.173.